The highest BCUT2D eigenvalue weighted by molar-refractivity contribution is 8.01. The Morgan fingerprint density at radius 1 is 0.400 bits per heavy atom. The molecule has 0 saturated carbocycles. The van der Waals surface area contributed by atoms with Crippen LogP contribution in [0.2, 0.25) is 0 Å². The molecule has 75 heavy (non-hydrogen) atoms. The molecule has 0 fully saturated rings. The molecule has 0 atom stereocenters. The first-order valence-corrected chi connectivity index (χ1v) is 27.4. The molecular weight excluding hydrogens is 951 g/mol. The lowest BCUT2D eigenvalue weighted by molar-refractivity contribution is 0.480. The predicted octanol–water partition coefficient (Wildman–Crippen LogP) is 14.3. The van der Waals surface area contributed by atoms with Crippen molar-refractivity contribution in [2.24, 2.45) is 0 Å². The molecule has 0 spiro atoms. The first-order valence-electron chi connectivity index (χ1n) is 25.8. The number of hydrogen-bond donors (Lipinski definition) is 0. The Morgan fingerprint density at radius 2 is 1.01 bits per heavy atom. The average molecular weight is 995 g/mol. The van der Waals surface area contributed by atoms with Crippen LogP contribution in [0, 0.1) is 0 Å². The van der Waals surface area contributed by atoms with Gasteiger partial charge < -0.3 is 19.3 Å². The van der Waals surface area contributed by atoms with E-state index in [2.05, 4.69) is 194 Å². The monoisotopic (exact) mass is 994 g/mol. The highest BCUT2D eigenvalue weighted by Crippen LogP contribution is 2.58. The first kappa shape index (κ1) is 43.1. The Kier molecular flexibility index (Phi) is 9.41. The van der Waals surface area contributed by atoms with E-state index >= 15 is 0 Å². The number of rotatable bonds is 6. The lowest BCUT2D eigenvalue weighted by Crippen LogP contribution is -2.64. The molecule has 0 aromatic heterocycles. The molecule has 4 aliphatic heterocycles. The maximum absolute atomic E-state index is 6.58. The van der Waals surface area contributed by atoms with Crippen molar-refractivity contribution in [3.63, 3.8) is 0 Å². The molecule has 0 radical (unpaired) electrons. The normalized spacial score (nSPS) is 14.4. The predicted molar refractivity (Wildman–Crippen MR) is 314 cm³/mol. The van der Waals surface area contributed by atoms with Gasteiger partial charge in [0, 0.05) is 59.1 Å². The molecule has 0 bridgehead atoms. The van der Waals surface area contributed by atoms with E-state index in [9.17, 15) is 0 Å². The summed E-state index contributed by atoms with van der Waals surface area (Å²) in [6.07, 6.45) is 0. The van der Waals surface area contributed by atoms with Crippen LogP contribution in [0.15, 0.2) is 250 Å². The molecular formula is C67H44B2N2O2S2. The van der Waals surface area contributed by atoms with Gasteiger partial charge in [0.25, 0.3) is 6.71 Å². The lowest BCUT2D eigenvalue weighted by atomic mass is 9.31. The molecule has 1 aliphatic carbocycles. The van der Waals surface area contributed by atoms with Crippen molar-refractivity contribution in [2.75, 3.05) is 9.80 Å². The summed E-state index contributed by atoms with van der Waals surface area (Å²) in [6.45, 7) is 4.82. The van der Waals surface area contributed by atoms with Gasteiger partial charge in [0.2, 0.25) is 6.71 Å². The third-order valence-corrected chi connectivity index (χ3v) is 18.5. The topological polar surface area (TPSA) is 24.9 Å². The van der Waals surface area contributed by atoms with Gasteiger partial charge in [-0.05, 0) is 164 Å². The summed E-state index contributed by atoms with van der Waals surface area (Å²) in [5.74, 6) is 3.33. The van der Waals surface area contributed by atoms with Crippen molar-refractivity contribution < 1.29 is 9.47 Å². The number of para-hydroxylation sites is 5. The summed E-state index contributed by atoms with van der Waals surface area (Å²) in [4.78, 5) is 10.4. The summed E-state index contributed by atoms with van der Waals surface area (Å²) in [7, 11) is 0. The van der Waals surface area contributed by atoms with E-state index in [0.29, 0.717) is 0 Å². The van der Waals surface area contributed by atoms with Crippen LogP contribution in [0.4, 0.5) is 34.1 Å². The van der Waals surface area contributed by atoms with E-state index in [1.165, 1.54) is 108 Å². The largest absolute Gasteiger partial charge is 0.457 e. The van der Waals surface area contributed by atoms with Gasteiger partial charge in [-0.1, -0.05) is 170 Å². The molecule has 0 N–H and O–H groups in total. The third-order valence-electron chi connectivity index (χ3n) is 16.2. The highest BCUT2D eigenvalue weighted by atomic mass is 32.2. The molecule has 11 aromatic rings. The quantitative estimate of drug-likeness (QED) is 0.154. The summed E-state index contributed by atoms with van der Waals surface area (Å²) in [6, 6.07) is 84.1. The Balaban J connectivity index is 0.961. The minimum Gasteiger partial charge on any atom is -0.457 e. The van der Waals surface area contributed by atoms with Crippen LogP contribution in [0.5, 0.6) is 23.0 Å². The standard InChI is InChI=1S/C67H44B2N2O2S2/c1-67(2)51-37-47(73-45-25-13-6-14-26-45)32-34-49(51)50-38-58-63-65(62(50)67)71(43-21-9-4-10-22-43)56-29-17-15-27-52(56)68(63)54-39-55-60(40-57(54)70(58)42-19-7-3-8-20-42)75-66-48-33-31-46(72-44-23-11-5-12-24-44)35-41(48)36-61-64(66)69(55)53-28-16-18-30-59(53)74-61/h3-40H,1-2H3. The molecule has 16 rings (SSSR count). The maximum atomic E-state index is 6.58. The van der Waals surface area contributed by atoms with Crippen LogP contribution < -0.4 is 52.1 Å². The summed E-state index contributed by atoms with van der Waals surface area (Å²) < 4.78 is 13.0. The minimum atomic E-state index is -0.389. The molecule has 4 nitrogen and oxygen atoms in total. The number of nitrogens with zero attached hydrogens (tertiary/aromatic N) is 2. The fourth-order valence-electron chi connectivity index (χ4n) is 13.0. The number of hydrogen-bond acceptors (Lipinski definition) is 6. The van der Waals surface area contributed by atoms with E-state index in [4.69, 9.17) is 9.47 Å². The van der Waals surface area contributed by atoms with Crippen LogP contribution in [-0.4, -0.2) is 13.4 Å². The molecule has 8 heteroatoms. The molecule has 0 saturated heterocycles. The van der Waals surface area contributed by atoms with Gasteiger partial charge in [0.05, 0.1) is 0 Å². The first-order chi connectivity index (χ1) is 36.9. The minimum absolute atomic E-state index is 0.0464. The van der Waals surface area contributed by atoms with Crippen molar-refractivity contribution in [1.29, 1.82) is 0 Å². The van der Waals surface area contributed by atoms with Crippen molar-refractivity contribution in [3.8, 4) is 34.1 Å². The van der Waals surface area contributed by atoms with Gasteiger partial charge in [0.1, 0.15) is 23.0 Å². The lowest BCUT2D eigenvalue weighted by Gasteiger charge is -2.46. The fourth-order valence-corrected chi connectivity index (χ4v) is 15.6. The zero-order valence-electron chi connectivity index (χ0n) is 41.1. The van der Waals surface area contributed by atoms with Crippen LogP contribution in [0.1, 0.15) is 25.0 Å². The second-order valence-corrected chi connectivity index (χ2v) is 22.8. The maximum Gasteiger partial charge on any atom is 0.252 e. The van der Waals surface area contributed by atoms with E-state index in [0.717, 1.165) is 34.4 Å². The van der Waals surface area contributed by atoms with Crippen LogP contribution in [-0.2, 0) is 5.41 Å². The van der Waals surface area contributed by atoms with Gasteiger partial charge in [-0.3, -0.25) is 0 Å². The van der Waals surface area contributed by atoms with Crippen molar-refractivity contribution in [2.45, 2.75) is 38.8 Å². The summed E-state index contributed by atoms with van der Waals surface area (Å²) in [5, 5.41) is 2.43. The Morgan fingerprint density at radius 3 is 1.75 bits per heavy atom. The number of fused-ring (bicyclic) bond motifs is 14. The number of anilines is 6. The van der Waals surface area contributed by atoms with Crippen molar-refractivity contribution in [1.82, 2.24) is 0 Å². The number of ether oxygens (including phenoxy) is 2. The fraction of sp³-hybridized carbons (Fsp3) is 0.0448. The SMILES string of the molecule is CC1(C)c2cc(Oc3ccccc3)ccc2-c2cc3c4c(c21)N(c1ccccc1)c1ccccc1B4c1cc2c(cc1N3c1ccccc1)Sc1c3c(cc4cc(Oc5ccccc5)ccc14)Sc1ccccc1B23. The second-order valence-electron chi connectivity index (χ2n) is 20.7. The van der Waals surface area contributed by atoms with E-state index in [1.807, 2.05) is 84.2 Å². The smallest absolute Gasteiger partial charge is 0.252 e. The Labute approximate surface area is 445 Å². The summed E-state index contributed by atoms with van der Waals surface area (Å²) >= 11 is 3.84. The van der Waals surface area contributed by atoms with Crippen LogP contribution in [0.3, 0.4) is 0 Å². The van der Waals surface area contributed by atoms with Crippen LogP contribution in [0.25, 0.3) is 21.9 Å². The zero-order chi connectivity index (χ0) is 49.5. The van der Waals surface area contributed by atoms with E-state index in [-0.39, 0.29) is 18.8 Å². The van der Waals surface area contributed by atoms with Crippen molar-refractivity contribution in [3.05, 3.63) is 242 Å². The summed E-state index contributed by atoms with van der Waals surface area (Å²) in [5.41, 5.74) is 20.0. The molecule has 0 amide bonds. The van der Waals surface area contributed by atoms with E-state index < -0.39 is 0 Å². The van der Waals surface area contributed by atoms with E-state index in [1.54, 1.807) is 0 Å². The second kappa shape index (κ2) is 16.4. The molecule has 4 heterocycles. The van der Waals surface area contributed by atoms with Gasteiger partial charge in [-0.2, -0.15) is 0 Å². The average Bonchev–Trinajstić information content (AvgIpc) is 3.90. The highest BCUT2D eigenvalue weighted by Gasteiger charge is 2.50. The van der Waals surface area contributed by atoms with Crippen LogP contribution >= 0.6 is 23.5 Å². The molecule has 352 valence electrons. The Bertz CT molecular complexity index is 4190. The zero-order valence-corrected chi connectivity index (χ0v) is 42.8. The third kappa shape index (κ3) is 6.43. The molecule has 11 aromatic carbocycles. The van der Waals surface area contributed by atoms with Gasteiger partial charge in [0.15, 0.2) is 0 Å². The van der Waals surface area contributed by atoms with Gasteiger partial charge in [-0.15, -0.1) is 0 Å². The van der Waals surface area contributed by atoms with Crippen molar-refractivity contribution >= 4 is 115 Å². The number of benzene rings is 11. The van der Waals surface area contributed by atoms with Gasteiger partial charge >= 0.3 is 0 Å². The molecule has 0 unspecified atom stereocenters. The Hall–Kier alpha value is -8.29. The van der Waals surface area contributed by atoms with Gasteiger partial charge in [-0.25, -0.2) is 0 Å². The molecule has 5 aliphatic rings.